The van der Waals surface area contributed by atoms with Crippen molar-refractivity contribution in [1.82, 2.24) is 0 Å². The topological polar surface area (TPSA) is 150 Å². The lowest BCUT2D eigenvalue weighted by Crippen LogP contribution is -2.60. The van der Waals surface area contributed by atoms with E-state index in [1.54, 1.807) is 0 Å². The van der Waals surface area contributed by atoms with Gasteiger partial charge in [0.2, 0.25) is 6.29 Å². The van der Waals surface area contributed by atoms with Crippen molar-refractivity contribution >= 4 is 11.0 Å². The lowest BCUT2D eigenvalue weighted by atomic mass is 9.99. The fraction of sp³-hybridized carbons (Fsp3) is 0.400. The maximum atomic E-state index is 11.2. The molecule has 1 aromatic heterocycles. The molecule has 1 aliphatic rings. The Bertz CT molecular complexity index is 784. The van der Waals surface area contributed by atoms with Crippen molar-refractivity contribution in [2.45, 2.75) is 30.7 Å². The number of fused-ring (bicyclic) bond motifs is 1. The molecule has 0 saturated carbocycles. The van der Waals surface area contributed by atoms with Gasteiger partial charge in [0.1, 0.15) is 30.0 Å². The highest BCUT2D eigenvalue weighted by Gasteiger charge is 2.44. The van der Waals surface area contributed by atoms with Crippen LogP contribution in [0.2, 0.25) is 0 Å². The Kier molecular flexibility index (Phi) is 4.43. The number of phenols is 1. The molecule has 1 saturated heterocycles. The second kappa shape index (κ2) is 6.38. The summed E-state index contributed by atoms with van der Waals surface area (Å²) in [5.41, 5.74) is -0.439. The van der Waals surface area contributed by atoms with Gasteiger partial charge in [-0.3, -0.25) is 0 Å². The first-order valence-electron chi connectivity index (χ1n) is 7.15. The van der Waals surface area contributed by atoms with Gasteiger partial charge in [-0.15, -0.1) is 0 Å². The highest BCUT2D eigenvalue weighted by Crippen LogP contribution is 2.33. The van der Waals surface area contributed by atoms with Crippen molar-refractivity contribution < 1.29 is 39.4 Å². The molecule has 0 spiro atoms. The summed E-state index contributed by atoms with van der Waals surface area (Å²) in [5, 5.41) is 49.0. The van der Waals surface area contributed by atoms with E-state index in [1.807, 2.05) is 0 Å². The smallest absolute Gasteiger partial charge is 0.336 e. The van der Waals surface area contributed by atoms with E-state index in [1.165, 1.54) is 18.2 Å². The van der Waals surface area contributed by atoms with E-state index in [9.17, 15) is 25.2 Å². The number of phenolic OH excluding ortho intramolecular Hbond substituents is 1. The van der Waals surface area contributed by atoms with Gasteiger partial charge in [-0.1, -0.05) is 0 Å². The average molecular weight is 340 g/mol. The Morgan fingerprint density at radius 3 is 2.54 bits per heavy atom. The average Bonchev–Trinajstić information content (AvgIpc) is 2.56. The Morgan fingerprint density at radius 1 is 1.08 bits per heavy atom. The molecule has 9 heteroatoms. The Labute approximate surface area is 134 Å². The van der Waals surface area contributed by atoms with Crippen LogP contribution in [0.4, 0.5) is 0 Å². The quantitative estimate of drug-likeness (QED) is 0.429. The van der Waals surface area contributed by atoms with Gasteiger partial charge in [0.15, 0.2) is 11.5 Å². The molecule has 3 rings (SSSR count). The Balaban J connectivity index is 1.89. The van der Waals surface area contributed by atoms with Gasteiger partial charge in [0.25, 0.3) is 0 Å². The van der Waals surface area contributed by atoms with Crippen LogP contribution in [0.15, 0.2) is 33.5 Å². The van der Waals surface area contributed by atoms with E-state index in [-0.39, 0.29) is 17.1 Å². The van der Waals surface area contributed by atoms with E-state index in [0.717, 1.165) is 6.07 Å². The number of aliphatic hydroxyl groups excluding tert-OH is 4. The molecule has 9 nitrogen and oxygen atoms in total. The summed E-state index contributed by atoms with van der Waals surface area (Å²) in [4.78, 5) is 11.2. The van der Waals surface area contributed by atoms with Crippen LogP contribution in [0.5, 0.6) is 11.5 Å². The Morgan fingerprint density at radius 2 is 1.83 bits per heavy atom. The Hall–Kier alpha value is -2.17. The summed E-state index contributed by atoms with van der Waals surface area (Å²) < 4.78 is 15.5. The van der Waals surface area contributed by atoms with Gasteiger partial charge >= 0.3 is 5.63 Å². The number of rotatable bonds is 3. The predicted octanol–water partition coefficient (Wildman–Crippen LogP) is -1.32. The normalized spacial score (nSPS) is 30.4. The molecule has 0 radical (unpaired) electrons. The maximum Gasteiger partial charge on any atom is 0.336 e. The van der Waals surface area contributed by atoms with E-state index in [4.69, 9.17) is 19.0 Å². The summed E-state index contributed by atoms with van der Waals surface area (Å²) >= 11 is 0. The second-order valence-corrected chi connectivity index (χ2v) is 5.43. The summed E-state index contributed by atoms with van der Waals surface area (Å²) in [6, 6.07) is 5.17. The molecular formula is C15H16O9. The van der Waals surface area contributed by atoms with Crippen molar-refractivity contribution in [1.29, 1.82) is 0 Å². The molecule has 1 fully saturated rings. The third-order valence-electron chi connectivity index (χ3n) is 3.79. The first-order valence-corrected chi connectivity index (χ1v) is 7.15. The summed E-state index contributed by atoms with van der Waals surface area (Å²) in [6.07, 6.45) is -7.27. The molecule has 130 valence electrons. The van der Waals surface area contributed by atoms with Crippen LogP contribution in [0, 0.1) is 0 Å². The SMILES string of the molecule is O=c1ccc2cc(O[C@@H]3OC(CO)[C@@H](O)C(O)C3O)c(O)cc2o1. The lowest BCUT2D eigenvalue weighted by molar-refractivity contribution is -0.277. The van der Waals surface area contributed by atoms with Gasteiger partial charge in [0.05, 0.1) is 6.61 Å². The maximum absolute atomic E-state index is 11.2. The zero-order chi connectivity index (χ0) is 17.4. The highest BCUT2D eigenvalue weighted by molar-refractivity contribution is 5.80. The third kappa shape index (κ3) is 2.95. The monoisotopic (exact) mass is 340 g/mol. The first-order chi connectivity index (χ1) is 11.4. The van der Waals surface area contributed by atoms with E-state index in [2.05, 4.69) is 0 Å². The zero-order valence-electron chi connectivity index (χ0n) is 12.3. The molecule has 0 amide bonds. The van der Waals surface area contributed by atoms with Gasteiger partial charge in [-0.25, -0.2) is 4.79 Å². The van der Waals surface area contributed by atoms with E-state index in [0.29, 0.717) is 5.39 Å². The van der Waals surface area contributed by atoms with Gasteiger partial charge in [-0.2, -0.15) is 0 Å². The van der Waals surface area contributed by atoms with E-state index >= 15 is 0 Å². The molecule has 24 heavy (non-hydrogen) atoms. The van der Waals surface area contributed by atoms with Crippen molar-refractivity contribution in [3.63, 3.8) is 0 Å². The van der Waals surface area contributed by atoms with Crippen LogP contribution in [0.3, 0.4) is 0 Å². The van der Waals surface area contributed by atoms with E-state index < -0.39 is 42.9 Å². The zero-order valence-corrected chi connectivity index (χ0v) is 12.3. The van der Waals surface area contributed by atoms with Gasteiger partial charge in [-0.05, 0) is 12.1 Å². The van der Waals surface area contributed by atoms with Gasteiger partial charge < -0.3 is 39.4 Å². The number of hydrogen-bond acceptors (Lipinski definition) is 9. The largest absolute Gasteiger partial charge is 0.504 e. The molecular weight excluding hydrogens is 324 g/mol. The van der Waals surface area contributed by atoms with Crippen molar-refractivity contribution in [3.05, 3.63) is 34.7 Å². The van der Waals surface area contributed by atoms with Crippen LogP contribution in [-0.2, 0) is 4.74 Å². The summed E-state index contributed by atoms with van der Waals surface area (Å²) in [6.45, 7) is -0.598. The van der Waals surface area contributed by atoms with Crippen molar-refractivity contribution in [2.24, 2.45) is 0 Å². The number of aromatic hydroxyl groups is 1. The van der Waals surface area contributed by atoms with Crippen molar-refractivity contribution in [3.8, 4) is 11.5 Å². The molecule has 0 aliphatic carbocycles. The summed E-state index contributed by atoms with van der Waals surface area (Å²) in [7, 11) is 0. The highest BCUT2D eigenvalue weighted by atomic mass is 16.7. The number of hydrogen-bond donors (Lipinski definition) is 5. The molecule has 5 N–H and O–H groups in total. The fourth-order valence-corrected chi connectivity index (χ4v) is 2.47. The molecule has 1 aliphatic heterocycles. The molecule has 0 bridgehead atoms. The third-order valence-corrected chi connectivity index (χ3v) is 3.79. The van der Waals surface area contributed by atoms with Crippen LogP contribution in [-0.4, -0.2) is 62.8 Å². The fourth-order valence-electron chi connectivity index (χ4n) is 2.47. The van der Waals surface area contributed by atoms with Crippen molar-refractivity contribution in [2.75, 3.05) is 6.61 Å². The van der Waals surface area contributed by atoms with Crippen LogP contribution >= 0.6 is 0 Å². The predicted molar refractivity (Wildman–Crippen MR) is 78.5 cm³/mol. The minimum Gasteiger partial charge on any atom is -0.504 e. The molecule has 3 unspecified atom stereocenters. The molecule has 5 atom stereocenters. The van der Waals surface area contributed by atoms with Crippen LogP contribution < -0.4 is 10.4 Å². The molecule has 2 heterocycles. The van der Waals surface area contributed by atoms with Crippen LogP contribution in [0.25, 0.3) is 11.0 Å². The minimum atomic E-state index is -1.60. The molecule has 1 aromatic carbocycles. The lowest BCUT2D eigenvalue weighted by Gasteiger charge is -2.39. The van der Waals surface area contributed by atoms with Gasteiger partial charge in [0, 0.05) is 17.5 Å². The first kappa shape index (κ1) is 16.7. The number of benzene rings is 1. The minimum absolute atomic E-state index is 0.0966. The molecule has 2 aromatic rings. The van der Waals surface area contributed by atoms with Crippen LogP contribution in [0.1, 0.15) is 0 Å². The second-order valence-electron chi connectivity index (χ2n) is 5.43. The number of aliphatic hydroxyl groups is 4. The number of ether oxygens (including phenoxy) is 2. The summed E-state index contributed by atoms with van der Waals surface area (Å²) in [5.74, 6) is -0.477. The standard InChI is InChI=1S/C15H16O9/c16-5-10-12(19)13(20)14(21)15(24-10)23-9-3-6-1-2-11(18)22-8(6)4-7(9)17/h1-4,10,12-17,19-21H,5H2/t10?,12-,13?,14?,15-/m1/s1.